The van der Waals surface area contributed by atoms with Crippen molar-refractivity contribution in [1.82, 2.24) is 5.32 Å². The van der Waals surface area contributed by atoms with E-state index in [1.807, 2.05) is 32.0 Å². The molecule has 1 aliphatic rings. The van der Waals surface area contributed by atoms with Crippen molar-refractivity contribution >= 4 is 21.4 Å². The maximum Gasteiger partial charge on any atom is 0.239 e. The number of carbonyl (C=O) groups is 1. The van der Waals surface area contributed by atoms with E-state index in [0.717, 1.165) is 23.2 Å². The molecule has 2 N–H and O–H groups in total. The molecule has 1 unspecified atom stereocenters. The van der Waals surface area contributed by atoms with E-state index in [1.165, 1.54) is 0 Å². The summed E-state index contributed by atoms with van der Waals surface area (Å²) in [5, 5.41) is 5.93. The lowest BCUT2D eigenvalue weighted by atomic mass is 10.1. The van der Waals surface area contributed by atoms with E-state index in [4.69, 9.17) is 0 Å². The molecule has 2 rings (SSSR count). The molecular formula is C15H22N2O3S. The Balaban J connectivity index is 1.88. The summed E-state index contributed by atoms with van der Waals surface area (Å²) in [6.45, 7) is 4.13. The number of benzene rings is 1. The Morgan fingerprint density at radius 3 is 2.57 bits per heavy atom. The van der Waals surface area contributed by atoms with Crippen molar-refractivity contribution in [3.63, 3.8) is 0 Å². The van der Waals surface area contributed by atoms with Crippen LogP contribution in [0.5, 0.6) is 0 Å². The topological polar surface area (TPSA) is 75.3 Å². The number of sulfone groups is 1. The minimum absolute atomic E-state index is 0.0577. The van der Waals surface area contributed by atoms with Gasteiger partial charge in [0.1, 0.15) is 0 Å². The fourth-order valence-electron chi connectivity index (χ4n) is 2.68. The molecule has 1 fully saturated rings. The predicted molar refractivity (Wildman–Crippen MR) is 84.2 cm³/mol. The second-order valence-corrected chi connectivity index (χ2v) is 7.87. The van der Waals surface area contributed by atoms with E-state index in [-0.39, 0.29) is 30.0 Å². The van der Waals surface area contributed by atoms with Crippen molar-refractivity contribution < 1.29 is 13.2 Å². The molecule has 1 amide bonds. The SMILES string of the molecule is Cc1cccc(C)c1NCC(=O)NC1CCCS(=O)(=O)C1. The average molecular weight is 310 g/mol. The smallest absolute Gasteiger partial charge is 0.239 e. The van der Waals surface area contributed by atoms with Crippen molar-refractivity contribution in [2.45, 2.75) is 32.7 Å². The Morgan fingerprint density at radius 1 is 1.29 bits per heavy atom. The predicted octanol–water partition coefficient (Wildman–Crippen LogP) is 1.41. The van der Waals surface area contributed by atoms with Crippen molar-refractivity contribution in [1.29, 1.82) is 0 Å². The van der Waals surface area contributed by atoms with Gasteiger partial charge in [-0.1, -0.05) is 18.2 Å². The standard InChI is InChI=1S/C15H22N2O3S/c1-11-5-3-6-12(2)15(11)16-9-14(18)17-13-7-4-8-21(19,20)10-13/h3,5-6,13,16H,4,7-10H2,1-2H3,(H,17,18). The van der Waals surface area contributed by atoms with Crippen LogP contribution in [0.2, 0.25) is 0 Å². The number of para-hydroxylation sites is 1. The number of hydrogen-bond donors (Lipinski definition) is 2. The molecule has 6 heteroatoms. The number of aryl methyl sites for hydroxylation is 2. The van der Waals surface area contributed by atoms with E-state index >= 15 is 0 Å². The van der Waals surface area contributed by atoms with E-state index < -0.39 is 9.84 Å². The zero-order chi connectivity index (χ0) is 15.5. The summed E-state index contributed by atoms with van der Waals surface area (Å²) < 4.78 is 23.1. The molecule has 1 aromatic carbocycles. The van der Waals surface area contributed by atoms with Crippen molar-refractivity contribution in [3.8, 4) is 0 Å². The molecule has 1 aliphatic heterocycles. The molecule has 0 saturated carbocycles. The summed E-state index contributed by atoms with van der Waals surface area (Å²) in [6.07, 6.45) is 1.35. The molecule has 0 aromatic heterocycles. The van der Waals surface area contributed by atoms with Crippen LogP contribution in [0.1, 0.15) is 24.0 Å². The first-order valence-corrected chi connectivity index (χ1v) is 8.99. The highest BCUT2D eigenvalue weighted by Gasteiger charge is 2.25. The van der Waals surface area contributed by atoms with Gasteiger partial charge in [0.15, 0.2) is 9.84 Å². The molecule has 0 bridgehead atoms. The number of rotatable bonds is 4. The largest absolute Gasteiger partial charge is 0.376 e. The van der Waals surface area contributed by atoms with Crippen LogP contribution in [0.25, 0.3) is 0 Å². The first-order valence-electron chi connectivity index (χ1n) is 7.17. The summed E-state index contributed by atoms with van der Waals surface area (Å²) in [7, 11) is -2.99. The molecule has 0 spiro atoms. The quantitative estimate of drug-likeness (QED) is 0.882. The summed E-state index contributed by atoms with van der Waals surface area (Å²) in [5.74, 6) is 0.127. The van der Waals surface area contributed by atoms with Crippen LogP contribution in [-0.2, 0) is 14.6 Å². The number of amides is 1. The molecule has 1 heterocycles. The Morgan fingerprint density at radius 2 is 1.95 bits per heavy atom. The second kappa shape index (κ2) is 6.47. The van der Waals surface area contributed by atoms with Gasteiger partial charge in [0.05, 0.1) is 18.1 Å². The lowest BCUT2D eigenvalue weighted by molar-refractivity contribution is -0.120. The summed E-state index contributed by atoms with van der Waals surface area (Å²) >= 11 is 0. The van der Waals surface area contributed by atoms with Gasteiger partial charge in [0.25, 0.3) is 0 Å². The van der Waals surface area contributed by atoms with Crippen molar-refractivity contribution in [3.05, 3.63) is 29.3 Å². The second-order valence-electron chi connectivity index (χ2n) is 5.64. The lowest BCUT2D eigenvalue weighted by Gasteiger charge is -2.23. The molecular weight excluding hydrogens is 288 g/mol. The minimum Gasteiger partial charge on any atom is -0.376 e. The van der Waals surface area contributed by atoms with Gasteiger partial charge in [0, 0.05) is 11.7 Å². The molecule has 21 heavy (non-hydrogen) atoms. The van der Waals surface area contributed by atoms with Crippen molar-refractivity contribution in [2.24, 2.45) is 0 Å². The first-order chi connectivity index (χ1) is 9.87. The third kappa shape index (κ3) is 4.46. The van der Waals surface area contributed by atoms with Crippen LogP contribution in [-0.4, -0.2) is 38.4 Å². The summed E-state index contributed by atoms with van der Waals surface area (Å²) in [6, 6.07) is 5.70. The van der Waals surface area contributed by atoms with Crippen molar-refractivity contribution in [2.75, 3.05) is 23.4 Å². The maximum absolute atomic E-state index is 11.9. The van der Waals surface area contributed by atoms with Gasteiger partial charge in [-0.25, -0.2) is 8.42 Å². The highest BCUT2D eigenvalue weighted by atomic mass is 32.2. The van der Waals surface area contributed by atoms with Gasteiger partial charge < -0.3 is 10.6 Å². The monoisotopic (exact) mass is 310 g/mol. The molecule has 0 aliphatic carbocycles. The van der Waals surface area contributed by atoms with Gasteiger partial charge in [-0.05, 0) is 37.8 Å². The van der Waals surface area contributed by atoms with E-state index in [1.54, 1.807) is 0 Å². The van der Waals surface area contributed by atoms with Gasteiger partial charge in [-0.2, -0.15) is 0 Å². The fourth-order valence-corrected chi connectivity index (χ4v) is 4.31. The third-order valence-electron chi connectivity index (χ3n) is 3.74. The van der Waals surface area contributed by atoms with Gasteiger partial charge in [-0.15, -0.1) is 0 Å². The summed E-state index contributed by atoms with van der Waals surface area (Å²) in [4.78, 5) is 11.9. The fraction of sp³-hybridized carbons (Fsp3) is 0.533. The van der Waals surface area contributed by atoms with Gasteiger partial charge in [0.2, 0.25) is 5.91 Å². The van der Waals surface area contributed by atoms with Crippen LogP contribution in [0, 0.1) is 13.8 Å². The number of carbonyl (C=O) groups excluding carboxylic acids is 1. The van der Waals surface area contributed by atoms with E-state index in [2.05, 4.69) is 10.6 Å². The molecule has 1 atom stereocenters. The number of nitrogens with one attached hydrogen (secondary N) is 2. The molecule has 0 radical (unpaired) electrons. The lowest BCUT2D eigenvalue weighted by Crippen LogP contribution is -2.45. The van der Waals surface area contributed by atoms with Gasteiger partial charge >= 0.3 is 0 Å². The molecule has 1 saturated heterocycles. The van der Waals surface area contributed by atoms with Gasteiger partial charge in [-0.3, -0.25) is 4.79 Å². The molecule has 116 valence electrons. The Labute approximate surface area is 126 Å². The average Bonchev–Trinajstić information content (AvgIpc) is 2.36. The highest BCUT2D eigenvalue weighted by Crippen LogP contribution is 2.19. The number of hydrogen-bond acceptors (Lipinski definition) is 4. The van der Waals surface area contributed by atoms with E-state index in [0.29, 0.717) is 6.42 Å². The summed E-state index contributed by atoms with van der Waals surface area (Å²) in [5.41, 5.74) is 3.13. The Bertz CT molecular complexity index is 606. The van der Waals surface area contributed by atoms with Crippen LogP contribution >= 0.6 is 0 Å². The molecule has 5 nitrogen and oxygen atoms in total. The minimum atomic E-state index is -2.99. The maximum atomic E-state index is 11.9. The highest BCUT2D eigenvalue weighted by molar-refractivity contribution is 7.91. The number of anilines is 1. The Kier molecular flexibility index (Phi) is 4.88. The van der Waals surface area contributed by atoms with Crippen LogP contribution in [0.15, 0.2) is 18.2 Å². The third-order valence-corrected chi connectivity index (χ3v) is 5.56. The molecule has 1 aromatic rings. The van der Waals surface area contributed by atoms with Crippen LogP contribution in [0.4, 0.5) is 5.69 Å². The Hall–Kier alpha value is -1.56. The zero-order valence-corrected chi connectivity index (χ0v) is 13.3. The van der Waals surface area contributed by atoms with Crippen LogP contribution in [0.3, 0.4) is 0 Å². The van der Waals surface area contributed by atoms with E-state index in [9.17, 15) is 13.2 Å². The van der Waals surface area contributed by atoms with Crippen LogP contribution < -0.4 is 10.6 Å². The first kappa shape index (κ1) is 15.8. The normalized spacial score (nSPS) is 20.8. The zero-order valence-electron chi connectivity index (χ0n) is 12.5.